The second kappa shape index (κ2) is 11.0. The SMILES string of the molecule is C[C@@H](c1ccccc1)N(Cc1cc(NC(=O)c2ccccc2Cl)ccc1N(C)C)C(=O)C(C)(C)C. The van der Waals surface area contributed by atoms with Gasteiger partial charge in [0.15, 0.2) is 0 Å². The first-order valence-corrected chi connectivity index (χ1v) is 12.1. The molecule has 0 aliphatic rings. The molecule has 5 nitrogen and oxygen atoms in total. The number of carbonyl (C=O) groups excluding carboxylic acids is 2. The van der Waals surface area contributed by atoms with E-state index in [9.17, 15) is 9.59 Å². The van der Waals surface area contributed by atoms with E-state index in [4.69, 9.17) is 11.6 Å². The van der Waals surface area contributed by atoms with Crippen LogP contribution in [0.4, 0.5) is 11.4 Å². The molecule has 3 aromatic carbocycles. The van der Waals surface area contributed by atoms with Crippen molar-refractivity contribution in [2.45, 2.75) is 40.3 Å². The van der Waals surface area contributed by atoms with E-state index in [0.717, 1.165) is 16.8 Å². The number of carbonyl (C=O) groups is 2. The fraction of sp³-hybridized carbons (Fsp3) is 0.310. The van der Waals surface area contributed by atoms with Crippen molar-refractivity contribution < 1.29 is 9.59 Å². The molecule has 3 rings (SSSR count). The molecule has 6 heteroatoms. The zero-order valence-corrected chi connectivity index (χ0v) is 22.1. The van der Waals surface area contributed by atoms with Crippen LogP contribution in [-0.4, -0.2) is 30.8 Å². The van der Waals surface area contributed by atoms with Crippen molar-refractivity contribution in [3.05, 3.63) is 94.5 Å². The lowest BCUT2D eigenvalue weighted by Gasteiger charge is -2.35. The van der Waals surface area contributed by atoms with Gasteiger partial charge in [0.05, 0.1) is 16.6 Å². The Morgan fingerprint density at radius 1 is 0.943 bits per heavy atom. The molecule has 184 valence electrons. The van der Waals surface area contributed by atoms with E-state index in [1.54, 1.807) is 24.3 Å². The molecule has 0 aromatic heterocycles. The van der Waals surface area contributed by atoms with E-state index < -0.39 is 5.41 Å². The number of halogens is 1. The van der Waals surface area contributed by atoms with Crippen LogP contribution in [0.5, 0.6) is 0 Å². The van der Waals surface area contributed by atoms with Gasteiger partial charge in [0, 0.05) is 37.4 Å². The highest BCUT2D eigenvalue weighted by Gasteiger charge is 2.31. The fourth-order valence-corrected chi connectivity index (χ4v) is 4.20. The molecule has 0 aliphatic carbocycles. The number of hydrogen-bond donors (Lipinski definition) is 1. The van der Waals surface area contributed by atoms with Crippen LogP contribution in [0.3, 0.4) is 0 Å². The summed E-state index contributed by atoms with van der Waals surface area (Å²) in [7, 11) is 3.94. The van der Waals surface area contributed by atoms with E-state index in [2.05, 4.69) is 12.2 Å². The molecule has 0 saturated heterocycles. The van der Waals surface area contributed by atoms with Crippen molar-refractivity contribution >= 4 is 34.8 Å². The summed E-state index contributed by atoms with van der Waals surface area (Å²) in [6.45, 7) is 8.26. The van der Waals surface area contributed by atoms with Gasteiger partial charge >= 0.3 is 0 Å². The molecular weight excluding hydrogens is 458 g/mol. The van der Waals surface area contributed by atoms with Crippen molar-refractivity contribution in [3.63, 3.8) is 0 Å². The van der Waals surface area contributed by atoms with Crippen molar-refractivity contribution in [1.82, 2.24) is 4.90 Å². The summed E-state index contributed by atoms with van der Waals surface area (Å²) >= 11 is 6.21. The van der Waals surface area contributed by atoms with Crippen molar-refractivity contribution in [3.8, 4) is 0 Å². The maximum absolute atomic E-state index is 13.6. The van der Waals surface area contributed by atoms with E-state index in [-0.39, 0.29) is 17.9 Å². The average Bonchev–Trinajstić information content (AvgIpc) is 2.81. The Labute approximate surface area is 213 Å². The topological polar surface area (TPSA) is 52.7 Å². The van der Waals surface area contributed by atoms with Crippen LogP contribution >= 0.6 is 11.6 Å². The van der Waals surface area contributed by atoms with Crippen LogP contribution in [0.1, 0.15) is 55.2 Å². The predicted molar refractivity (Wildman–Crippen MR) is 145 cm³/mol. The maximum Gasteiger partial charge on any atom is 0.257 e. The van der Waals surface area contributed by atoms with Gasteiger partial charge in [-0.05, 0) is 48.4 Å². The minimum Gasteiger partial charge on any atom is -0.377 e. The third-order valence-corrected chi connectivity index (χ3v) is 6.26. The summed E-state index contributed by atoms with van der Waals surface area (Å²) in [5.74, 6) is -0.219. The van der Waals surface area contributed by atoms with Crippen LogP contribution < -0.4 is 10.2 Å². The van der Waals surface area contributed by atoms with E-state index in [1.807, 2.05) is 93.2 Å². The van der Waals surface area contributed by atoms with Gasteiger partial charge in [-0.1, -0.05) is 74.8 Å². The molecule has 0 spiro atoms. The normalized spacial score (nSPS) is 12.1. The third kappa shape index (κ3) is 6.43. The van der Waals surface area contributed by atoms with Gasteiger partial charge in [0.2, 0.25) is 5.91 Å². The van der Waals surface area contributed by atoms with Crippen molar-refractivity contribution in [1.29, 1.82) is 0 Å². The molecule has 0 unspecified atom stereocenters. The summed E-state index contributed by atoms with van der Waals surface area (Å²) in [4.78, 5) is 30.4. The highest BCUT2D eigenvalue weighted by molar-refractivity contribution is 6.34. The summed E-state index contributed by atoms with van der Waals surface area (Å²) in [6, 6.07) is 22.6. The minimum absolute atomic E-state index is 0.0593. The minimum atomic E-state index is -0.544. The summed E-state index contributed by atoms with van der Waals surface area (Å²) in [5.41, 5.74) is 3.50. The van der Waals surface area contributed by atoms with E-state index >= 15 is 0 Å². The Bertz CT molecular complexity index is 1190. The summed E-state index contributed by atoms with van der Waals surface area (Å²) in [5, 5.41) is 3.35. The molecular formula is C29H34ClN3O2. The quantitative estimate of drug-likeness (QED) is 0.395. The smallest absolute Gasteiger partial charge is 0.257 e. The number of benzene rings is 3. The Balaban J connectivity index is 1.98. The second-order valence-electron chi connectivity index (χ2n) is 9.94. The summed E-state index contributed by atoms with van der Waals surface area (Å²) in [6.07, 6.45) is 0. The molecule has 0 fully saturated rings. The molecule has 0 saturated carbocycles. The van der Waals surface area contributed by atoms with Crippen LogP contribution in [-0.2, 0) is 11.3 Å². The first kappa shape index (κ1) is 26.3. The van der Waals surface area contributed by atoms with Crippen LogP contribution in [0, 0.1) is 5.41 Å². The predicted octanol–water partition coefficient (Wildman–Crippen LogP) is 6.79. The Morgan fingerprint density at radius 3 is 2.17 bits per heavy atom. The first-order valence-electron chi connectivity index (χ1n) is 11.7. The molecule has 3 aromatic rings. The average molecular weight is 492 g/mol. The van der Waals surface area contributed by atoms with Crippen LogP contribution in [0.25, 0.3) is 0 Å². The van der Waals surface area contributed by atoms with Gasteiger partial charge in [-0.3, -0.25) is 9.59 Å². The maximum atomic E-state index is 13.6. The largest absolute Gasteiger partial charge is 0.377 e. The monoisotopic (exact) mass is 491 g/mol. The van der Waals surface area contributed by atoms with E-state index in [0.29, 0.717) is 22.8 Å². The molecule has 35 heavy (non-hydrogen) atoms. The van der Waals surface area contributed by atoms with Gasteiger partial charge in [-0.15, -0.1) is 0 Å². The zero-order chi connectivity index (χ0) is 25.8. The third-order valence-electron chi connectivity index (χ3n) is 5.93. The fourth-order valence-electron chi connectivity index (χ4n) is 3.98. The first-order chi connectivity index (χ1) is 16.5. The molecule has 0 heterocycles. The summed E-state index contributed by atoms with van der Waals surface area (Å²) < 4.78 is 0. The number of nitrogens with zero attached hydrogens (tertiary/aromatic N) is 2. The van der Waals surface area contributed by atoms with Crippen LogP contribution in [0.15, 0.2) is 72.8 Å². The Kier molecular flexibility index (Phi) is 8.23. The lowest BCUT2D eigenvalue weighted by atomic mass is 9.92. The van der Waals surface area contributed by atoms with Crippen molar-refractivity contribution in [2.24, 2.45) is 5.41 Å². The Hall–Kier alpha value is -3.31. The highest BCUT2D eigenvalue weighted by Crippen LogP contribution is 2.32. The number of amides is 2. The second-order valence-corrected chi connectivity index (χ2v) is 10.3. The van der Waals surface area contributed by atoms with Crippen molar-refractivity contribution in [2.75, 3.05) is 24.3 Å². The number of hydrogen-bond acceptors (Lipinski definition) is 3. The lowest BCUT2D eigenvalue weighted by molar-refractivity contribution is -0.142. The molecule has 2 amide bonds. The van der Waals surface area contributed by atoms with Gasteiger partial charge in [-0.2, -0.15) is 0 Å². The number of rotatable bonds is 7. The van der Waals surface area contributed by atoms with Gasteiger partial charge < -0.3 is 15.1 Å². The molecule has 1 atom stereocenters. The van der Waals surface area contributed by atoms with Crippen LogP contribution in [0.2, 0.25) is 5.02 Å². The number of nitrogens with one attached hydrogen (secondary N) is 1. The van der Waals surface area contributed by atoms with Gasteiger partial charge in [0.25, 0.3) is 5.91 Å². The molecule has 0 radical (unpaired) electrons. The lowest BCUT2D eigenvalue weighted by Crippen LogP contribution is -2.40. The Morgan fingerprint density at radius 2 is 1.57 bits per heavy atom. The molecule has 0 bridgehead atoms. The highest BCUT2D eigenvalue weighted by atomic mass is 35.5. The van der Waals surface area contributed by atoms with E-state index in [1.165, 1.54) is 0 Å². The molecule has 1 N–H and O–H groups in total. The standard InChI is InChI=1S/C29H34ClN3O2/c1-20(21-12-8-7-9-13-21)33(28(35)29(2,3)4)19-22-18-23(16-17-26(22)32(5)6)31-27(34)24-14-10-11-15-25(24)30/h7-18,20H,19H2,1-6H3,(H,31,34)/t20-/m0/s1. The van der Waals surface area contributed by atoms with Gasteiger partial charge in [-0.25, -0.2) is 0 Å². The number of anilines is 2. The molecule has 0 aliphatic heterocycles. The van der Waals surface area contributed by atoms with Gasteiger partial charge in [0.1, 0.15) is 0 Å². The zero-order valence-electron chi connectivity index (χ0n) is 21.3.